The van der Waals surface area contributed by atoms with Crippen LogP contribution in [0.1, 0.15) is 37.5 Å². The molecule has 0 N–H and O–H groups in total. The molecule has 5 nitrogen and oxygen atoms in total. The molecule has 0 amide bonds. The Labute approximate surface area is 104 Å². The van der Waals surface area contributed by atoms with Crippen LogP contribution in [0.2, 0.25) is 0 Å². The Morgan fingerprint density at radius 3 is 2.83 bits per heavy atom. The molecule has 1 fully saturated rings. The van der Waals surface area contributed by atoms with Crippen molar-refractivity contribution < 1.29 is 9.32 Å². The van der Waals surface area contributed by atoms with Crippen molar-refractivity contribution in [1.29, 1.82) is 0 Å². The average Bonchev–Trinajstić information content (AvgIpc) is 2.90. The lowest BCUT2D eigenvalue weighted by Crippen LogP contribution is -2.17. The Balaban J connectivity index is 1.87. The van der Waals surface area contributed by atoms with E-state index in [-0.39, 0.29) is 11.7 Å². The number of nitrogens with zero attached hydrogens (tertiary/aromatic N) is 3. The summed E-state index contributed by atoms with van der Waals surface area (Å²) in [6.07, 6.45) is 6.81. The second-order valence-electron chi connectivity index (χ2n) is 4.46. The van der Waals surface area contributed by atoms with Crippen molar-refractivity contribution in [2.24, 2.45) is 0 Å². The van der Waals surface area contributed by atoms with Crippen LogP contribution in [0.25, 0.3) is 11.4 Å². The lowest BCUT2D eigenvalue weighted by molar-refractivity contribution is -0.122. The normalized spacial score (nSPS) is 20.0. The van der Waals surface area contributed by atoms with Crippen molar-refractivity contribution in [2.45, 2.75) is 31.6 Å². The summed E-state index contributed by atoms with van der Waals surface area (Å²) >= 11 is 0. The molecule has 1 unspecified atom stereocenters. The van der Waals surface area contributed by atoms with E-state index >= 15 is 0 Å². The van der Waals surface area contributed by atoms with Gasteiger partial charge >= 0.3 is 0 Å². The van der Waals surface area contributed by atoms with E-state index < -0.39 is 0 Å². The molecule has 5 heteroatoms. The first-order valence-electron chi connectivity index (χ1n) is 6.11. The largest absolute Gasteiger partial charge is 0.338 e. The lowest BCUT2D eigenvalue weighted by atomic mass is 9.88. The summed E-state index contributed by atoms with van der Waals surface area (Å²) in [6, 6.07) is 3.63. The van der Waals surface area contributed by atoms with Crippen molar-refractivity contribution in [2.75, 3.05) is 0 Å². The molecule has 2 aromatic rings. The van der Waals surface area contributed by atoms with Crippen LogP contribution in [0.5, 0.6) is 0 Å². The van der Waals surface area contributed by atoms with Gasteiger partial charge in [0.2, 0.25) is 11.7 Å². The van der Waals surface area contributed by atoms with Gasteiger partial charge in [0.15, 0.2) is 0 Å². The van der Waals surface area contributed by atoms with Crippen LogP contribution < -0.4 is 0 Å². The van der Waals surface area contributed by atoms with Crippen LogP contribution >= 0.6 is 0 Å². The van der Waals surface area contributed by atoms with Gasteiger partial charge in [-0.15, -0.1) is 0 Å². The minimum atomic E-state index is -0.207. The predicted molar refractivity (Wildman–Crippen MR) is 63.7 cm³/mol. The molecular weight excluding hydrogens is 230 g/mol. The summed E-state index contributed by atoms with van der Waals surface area (Å²) in [6.45, 7) is 0. The number of hydrogen-bond donors (Lipinski definition) is 0. The highest BCUT2D eigenvalue weighted by Crippen LogP contribution is 2.29. The standard InChI is InChI=1S/C13H13N3O2/c17-11-4-2-1-3-10(11)13-15-12(16-18-13)9-5-7-14-8-6-9/h5-8,10H,1-4H2. The van der Waals surface area contributed by atoms with E-state index in [2.05, 4.69) is 15.1 Å². The molecular formula is C13H13N3O2. The van der Waals surface area contributed by atoms with E-state index in [1.165, 1.54) is 0 Å². The second kappa shape index (κ2) is 4.68. The Hall–Kier alpha value is -2.04. The topological polar surface area (TPSA) is 68.9 Å². The monoisotopic (exact) mass is 243 g/mol. The van der Waals surface area contributed by atoms with Gasteiger partial charge in [-0.05, 0) is 25.0 Å². The fraction of sp³-hybridized carbons (Fsp3) is 0.385. The van der Waals surface area contributed by atoms with Crippen molar-refractivity contribution in [3.63, 3.8) is 0 Å². The zero-order valence-corrected chi connectivity index (χ0v) is 9.87. The third kappa shape index (κ3) is 2.03. The van der Waals surface area contributed by atoms with Gasteiger partial charge in [0.1, 0.15) is 5.78 Å². The van der Waals surface area contributed by atoms with E-state index in [4.69, 9.17) is 4.52 Å². The maximum Gasteiger partial charge on any atom is 0.237 e. The zero-order valence-electron chi connectivity index (χ0n) is 9.87. The van der Waals surface area contributed by atoms with E-state index in [0.29, 0.717) is 18.1 Å². The van der Waals surface area contributed by atoms with Crippen molar-refractivity contribution in [1.82, 2.24) is 15.1 Å². The van der Waals surface area contributed by atoms with Gasteiger partial charge in [-0.25, -0.2) is 0 Å². The van der Waals surface area contributed by atoms with Crippen LogP contribution in [0.3, 0.4) is 0 Å². The van der Waals surface area contributed by atoms with E-state index in [1.54, 1.807) is 12.4 Å². The molecule has 0 radical (unpaired) electrons. The smallest absolute Gasteiger partial charge is 0.237 e. The van der Waals surface area contributed by atoms with Gasteiger partial charge < -0.3 is 4.52 Å². The molecule has 0 aromatic carbocycles. The van der Waals surface area contributed by atoms with Gasteiger partial charge in [-0.1, -0.05) is 11.6 Å². The van der Waals surface area contributed by atoms with Gasteiger partial charge in [-0.3, -0.25) is 9.78 Å². The van der Waals surface area contributed by atoms with Crippen LogP contribution in [0.15, 0.2) is 29.0 Å². The molecule has 2 aromatic heterocycles. The Morgan fingerprint density at radius 2 is 2.06 bits per heavy atom. The summed E-state index contributed by atoms with van der Waals surface area (Å²) in [5.41, 5.74) is 0.850. The van der Waals surface area contributed by atoms with Gasteiger partial charge in [0.05, 0.1) is 5.92 Å². The minimum absolute atomic E-state index is 0.207. The Kier molecular flexibility index (Phi) is 2.88. The molecule has 2 heterocycles. The second-order valence-corrected chi connectivity index (χ2v) is 4.46. The minimum Gasteiger partial charge on any atom is -0.338 e. The molecule has 1 saturated carbocycles. The molecule has 0 bridgehead atoms. The van der Waals surface area contributed by atoms with E-state index in [0.717, 1.165) is 24.8 Å². The first kappa shape index (κ1) is 11.1. The third-order valence-corrected chi connectivity index (χ3v) is 3.23. The Morgan fingerprint density at radius 1 is 1.22 bits per heavy atom. The van der Waals surface area contributed by atoms with Gasteiger partial charge in [0, 0.05) is 24.4 Å². The van der Waals surface area contributed by atoms with Crippen molar-refractivity contribution in [3.8, 4) is 11.4 Å². The first-order valence-corrected chi connectivity index (χ1v) is 6.11. The quantitative estimate of drug-likeness (QED) is 0.809. The fourth-order valence-corrected chi connectivity index (χ4v) is 2.24. The van der Waals surface area contributed by atoms with Crippen LogP contribution in [-0.4, -0.2) is 20.9 Å². The van der Waals surface area contributed by atoms with Crippen LogP contribution in [0.4, 0.5) is 0 Å². The van der Waals surface area contributed by atoms with E-state index in [9.17, 15) is 4.79 Å². The first-order chi connectivity index (χ1) is 8.84. The molecule has 92 valence electrons. The predicted octanol–water partition coefficient (Wildman–Crippen LogP) is 2.36. The molecule has 1 aliphatic rings. The van der Waals surface area contributed by atoms with Gasteiger partial charge in [0.25, 0.3) is 0 Å². The summed E-state index contributed by atoms with van der Waals surface area (Å²) in [4.78, 5) is 20.1. The number of hydrogen-bond acceptors (Lipinski definition) is 5. The van der Waals surface area contributed by atoms with Gasteiger partial charge in [-0.2, -0.15) is 4.98 Å². The fourth-order valence-electron chi connectivity index (χ4n) is 2.24. The number of aromatic nitrogens is 3. The molecule has 18 heavy (non-hydrogen) atoms. The molecule has 3 rings (SSSR count). The molecule has 0 spiro atoms. The lowest BCUT2D eigenvalue weighted by Gasteiger charge is -2.16. The number of rotatable bonds is 2. The average molecular weight is 243 g/mol. The maximum atomic E-state index is 11.8. The molecule has 1 aliphatic carbocycles. The molecule has 0 saturated heterocycles. The Bertz CT molecular complexity index is 550. The number of Topliss-reactive ketones (excluding diaryl/α,β-unsaturated/α-hetero) is 1. The number of pyridine rings is 1. The maximum absolute atomic E-state index is 11.8. The van der Waals surface area contributed by atoms with E-state index in [1.807, 2.05) is 12.1 Å². The van der Waals surface area contributed by atoms with Crippen LogP contribution in [0, 0.1) is 0 Å². The highest BCUT2D eigenvalue weighted by Gasteiger charge is 2.28. The zero-order chi connectivity index (χ0) is 12.4. The summed E-state index contributed by atoms with van der Waals surface area (Å²) < 4.78 is 5.23. The SMILES string of the molecule is O=C1CCCCC1c1nc(-c2ccncc2)no1. The summed E-state index contributed by atoms with van der Waals surface area (Å²) in [5.74, 6) is 0.977. The van der Waals surface area contributed by atoms with Crippen molar-refractivity contribution in [3.05, 3.63) is 30.4 Å². The number of carbonyl (C=O) groups is 1. The molecule has 0 aliphatic heterocycles. The highest BCUT2D eigenvalue weighted by molar-refractivity contribution is 5.85. The van der Waals surface area contributed by atoms with Crippen LogP contribution in [-0.2, 0) is 4.79 Å². The third-order valence-electron chi connectivity index (χ3n) is 3.23. The summed E-state index contributed by atoms with van der Waals surface area (Å²) in [5, 5.41) is 3.93. The highest BCUT2D eigenvalue weighted by atomic mass is 16.5. The van der Waals surface area contributed by atoms with Crippen molar-refractivity contribution >= 4 is 5.78 Å². The number of carbonyl (C=O) groups excluding carboxylic acids is 1. The number of ketones is 1. The summed E-state index contributed by atoms with van der Waals surface area (Å²) in [7, 11) is 0. The molecule has 1 atom stereocenters.